The molecule has 0 aliphatic carbocycles. The van der Waals surface area contributed by atoms with E-state index in [4.69, 9.17) is 9.47 Å². The Hall–Kier alpha value is -2.86. The number of benzene rings is 2. The molecule has 1 amide bonds. The number of rotatable bonds is 6. The van der Waals surface area contributed by atoms with Crippen LogP contribution in [0.25, 0.3) is 0 Å². The zero-order valence-electron chi connectivity index (χ0n) is 16.3. The number of piperazine rings is 1. The summed E-state index contributed by atoms with van der Waals surface area (Å²) in [4.78, 5) is 29.1. The molecule has 2 aromatic carbocycles. The van der Waals surface area contributed by atoms with E-state index in [0.717, 1.165) is 24.3 Å². The molecule has 28 heavy (non-hydrogen) atoms. The number of ether oxygens (including phenoxy) is 2. The number of methoxy groups -OCH3 is 1. The summed E-state index contributed by atoms with van der Waals surface area (Å²) in [5.74, 6) is -0.657. The molecule has 1 fully saturated rings. The van der Waals surface area contributed by atoms with Crippen LogP contribution in [0.1, 0.15) is 22.8 Å². The van der Waals surface area contributed by atoms with Gasteiger partial charge in [0, 0.05) is 39.0 Å². The Morgan fingerprint density at radius 1 is 1.00 bits per heavy atom. The number of carbonyl (C=O) groups excluding carboxylic acids is 2. The van der Waals surface area contributed by atoms with Crippen molar-refractivity contribution in [3.8, 4) is 0 Å². The van der Waals surface area contributed by atoms with Crippen LogP contribution in [0.5, 0.6) is 0 Å². The molecule has 1 aliphatic rings. The molecule has 0 radical (unpaired) electrons. The maximum atomic E-state index is 12.7. The van der Waals surface area contributed by atoms with Gasteiger partial charge in [-0.05, 0) is 36.8 Å². The molecule has 0 unspecified atom stereocenters. The molecule has 6 nitrogen and oxygen atoms in total. The molecule has 0 spiro atoms. The Morgan fingerprint density at radius 2 is 1.71 bits per heavy atom. The van der Waals surface area contributed by atoms with Crippen molar-refractivity contribution in [2.45, 2.75) is 19.6 Å². The average Bonchev–Trinajstić information content (AvgIpc) is 2.74. The van der Waals surface area contributed by atoms with Gasteiger partial charge in [-0.15, -0.1) is 0 Å². The standard InChI is InChI=1S/C22H26N2O4/c1-17(28-22(26)19-8-6-7-18(15-19)16-27-2)21(25)24-13-11-23(12-14-24)20-9-4-3-5-10-20/h3-10,15,17H,11-14,16H2,1-2H3/t17-/m0/s1. The van der Waals surface area contributed by atoms with Gasteiger partial charge >= 0.3 is 5.97 Å². The highest BCUT2D eigenvalue weighted by atomic mass is 16.5. The summed E-state index contributed by atoms with van der Waals surface area (Å²) in [5, 5.41) is 0. The second-order valence-electron chi connectivity index (χ2n) is 6.83. The van der Waals surface area contributed by atoms with E-state index in [1.165, 1.54) is 0 Å². The summed E-state index contributed by atoms with van der Waals surface area (Å²) in [6.45, 7) is 4.78. The summed E-state index contributed by atoms with van der Waals surface area (Å²) < 4.78 is 10.5. The van der Waals surface area contributed by atoms with Crippen LogP contribution >= 0.6 is 0 Å². The van der Waals surface area contributed by atoms with Gasteiger partial charge in [-0.25, -0.2) is 4.79 Å². The monoisotopic (exact) mass is 382 g/mol. The van der Waals surface area contributed by atoms with E-state index < -0.39 is 12.1 Å². The molecule has 0 bridgehead atoms. The molecular formula is C22H26N2O4. The summed E-state index contributed by atoms with van der Waals surface area (Å²) >= 11 is 0. The summed E-state index contributed by atoms with van der Waals surface area (Å²) in [7, 11) is 1.60. The van der Waals surface area contributed by atoms with Gasteiger partial charge in [0.2, 0.25) is 0 Å². The van der Waals surface area contributed by atoms with E-state index >= 15 is 0 Å². The van der Waals surface area contributed by atoms with Crippen LogP contribution in [0.15, 0.2) is 54.6 Å². The Kier molecular flexibility index (Phi) is 6.66. The van der Waals surface area contributed by atoms with Crippen LogP contribution in [0.4, 0.5) is 5.69 Å². The highest BCUT2D eigenvalue weighted by Crippen LogP contribution is 2.17. The van der Waals surface area contributed by atoms with Crippen LogP contribution in [-0.4, -0.2) is 56.2 Å². The number of carbonyl (C=O) groups is 2. The third-order valence-electron chi connectivity index (χ3n) is 4.82. The van der Waals surface area contributed by atoms with Gasteiger partial charge in [0.05, 0.1) is 12.2 Å². The molecule has 6 heteroatoms. The van der Waals surface area contributed by atoms with E-state index in [1.807, 2.05) is 24.3 Å². The number of hydrogen-bond donors (Lipinski definition) is 0. The van der Waals surface area contributed by atoms with Crippen molar-refractivity contribution in [1.29, 1.82) is 0 Å². The maximum Gasteiger partial charge on any atom is 0.338 e. The highest BCUT2D eigenvalue weighted by molar-refractivity contribution is 5.92. The van der Waals surface area contributed by atoms with E-state index in [-0.39, 0.29) is 5.91 Å². The highest BCUT2D eigenvalue weighted by Gasteiger charge is 2.27. The van der Waals surface area contributed by atoms with Crippen molar-refractivity contribution < 1.29 is 19.1 Å². The zero-order valence-corrected chi connectivity index (χ0v) is 16.3. The molecule has 1 aliphatic heterocycles. The predicted octanol–water partition coefficient (Wildman–Crippen LogP) is 2.73. The van der Waals surface area contributed by atoms with Gasteiger partial charge in [0.15, 0.2) is 6.10 Å². The summed E-state index contributed by atoms with van der Waals surface area (Å²) in [6, 6.07) is 17.2. The van der Waals surface area contributed by atoms with Crippen molar-refractivity contribution in [2.24, 2.45) is 0 Å². The van der Waals surface area contributed by atoms with Gasteiger partial charge in [0.25, 0.3) is 5.91 Å². The quantitative estimate of drug-likeness (QED) is 0.719. The minimum Gasteiger partial charge on any atom is -0.449 e. The maximum absolute atomic E-state index is 12.7. The third-order valence-corrected chi connectivity index (χ3v) is 4.82. The first kappa shape index (κ1) is 19.9. The fourth-order valence-corrected chi connectivity index (χ4v) is 3.31. The fourth-order valence-electron chi connectivity index (χ4n) is 3.31. The Balaban J connectivity index is 1.53. The van der Waals surface area contributed by atoms with Gasteiger partial charge in [-0.2, -0.15) is 0 Å². The first-order chi connectivity index (χ1) is 13.6. The van der Waals surface area contributed by atoms with E-state index in [0.29, 0.717) is 25.3 Å². The molecule has 1 atom stereocenters. The van der Waals surface area contributed by atoms with E-state index in [2.05, 4.69) is 17.0 Å². The number of esters is 1. The van der Waals surface area contributed by atoms with Crippen molar-refractivity contribution in [1.82, 2.24) is 4.90 Å². The summed E-state index contributed by atoms with van der Waals surface area (Å²) in [5.41, 5.74) is 2.46. The first-order valence-electron chi connectivity index (χ1n) is 9.46. The number of nitrogens with zero attached hydrogens (tertiary/aromatic N) is 2. The smallest absolute Gasteiger partial charge is 0.338 e. The molecular weight excluding hydrogens is 356 g/mol. The Labute approximate surface area is 165 Å². The first-order valence-corrected chi connectivity index (χ1v) is 9.46. The van der Waals surface area contributed by atoms with Gasteiger partial charge in [-0.3, -0.25) is 4.79 Å². The van der Waals surface area contributed by atoms with Crippen LogP contribution in [-0.2, 0) is 20.9 Å². The fraction of sp³-hybridized carbons (Fsp3) is 0.364. The van der Waals surface area contributed by atoms with Crippen molar-refractivity contribution >= 4 is 17.6 Å². The number of para-hydroxylation sites is 1. The third kappa shape index (κ3) is 4.89. The molecule has 2 aromatic rings. The van der Waals surface area contributed by atoms with Gasteiger partial charge in [-0.1, -0.05) is 30.3 Å². The van der Waals surface area contributed by atoms with Gasteiger partial charge in [0.1, 0.15) is 0 Å². The molecule has 0 aromatic heterocycles. The lowest BCUT2D eigenvalue weighted by atomic mass is 10.1. The van der Waals surface area contributed by atoms with E-state index in [1.54, 1.807) is 37.1 Å². The van der Waals surface area contributed by atoms with Gasteiger partial charge < -0.3 is 19.3 Å². The van der Waals surface area contributed by atoms with E-state index in [9.17, 15) is 9.59 Å². The minimum atomic E-state index is -0.818. The summed E-state index contributed by atoms with van der Waals surface area (Å²) in [6.07, 6.45) is -0.818. The Morgan fingerprint density at radius 3 is 2.39 bits per heavy atom. The van der Waals surface area contributed by atoms with Crippen LogP contribution in [0.3, 0.4) is 0 Å². The molecule has 1 heterocycles. The largest absolute Gasteiger partial charge is 0.449 e. The lowest BCUT2D eigenvalue weighted by Gasteiger charge is -2.37. The molecule has 1 saturated heterocycles. The molecule has 0 saturated carbocycles. The number of hydrogen-bond acceptors (Lipinski definition) is 5. The topological polar surface area (TPSA) is 59.1 Å². The van der Waals surface area contributed by atoms with Crippen LogP contribution in [0, 0.1) is 0 Å². The Bertz CT molecular complexity index is 801. The minimum absolute atomic E-state index is 0.158. The van der Waals surface area contributed by atoms with Crippen LogP contribution in [0.2, 0.25) is 0 Å². The second kappa shape index (κ2) is 9.37. The second-order valence-corrected chi connectivity index (χ2v) is 6.83. The van der Waals surface area contributed by atoms with Crippen molar-refractivity contribution in [2.75, 3.05) is 38.2 Å². The zero-order chi connectivity index (χ0) is 19.9. The number of anilines is 1. The normalized spacial score (nSPS) is 15.2. The average molecular weight is 382 g/mol. The molecule has 148 valence electrons. The molecule has 0 N–H and O–H groups in total. The van der Waals surface area contributed by atoms with Crippen molar-refractivity contribution in [3.63, 3.8) is 0 Å². The lowest BCUT2D eigenvalue weighted by molar-refractivity contribution is -0.140. The lowest BCUT2D eigenvalue weighted by Crippen LogP contribution is -2.51. The molecule has 3 rings (SSSR count). The van der Waals surface area contributed by atoms with Crippen LogP contribution < -0.4 is 4.90 Å². The van der Waals surface area contributed by atoms with Crippen molar-refractivity contribution in [3.05, 3.63) is 65.7 Å². The predicted molar refractivity (Wildman–Crippen MR) is 107 cm³/mol. The number of amides is 1. The SMILES string of the molecule is COCc1cccc(C(=O)O[C@@H](C)C(=O)N2CCN(c3ccccc3)CC2)c1.